The Labute approximate surface area is 110 Å². The lowest BCUT2D eigenvalue weighted by Crippen LogP contribution is -2.62. The van der Waals surface area contributed by atoms with Crippen LogP contribution >= 0.6 is 12.2 Å². The van der Waals surface area contributed by atoms with Gasteiger partial charge in [-0.2, -0.15) is 0 Å². The molecular formula is C10H18N2O5S. The second-order valence-corrected chi connectivity index (χ2v) is 4.28. The minimum atomic E-state index is -1.35. The number of nitrogens with one attached hydrogen (secondary N) is 2. The number of rotatable bonds is 3. The van der Waals surface area contributed by atoms with Gasteiger partial charge in [0.05, 0.1) is 19.8 Å². The maximum absolute atomic E-state index is 11.3. The molecule has 7 nitrogen and oxygen atoms in total. The van der Waals surface area contributed by atoms with Gasteiger partial charge in [-0.3, -0.25) is 0 Å². The zero-order chi connectivity index (χ0) is 13.7. The van der Waals surface area contributed by atoms with E-state index in [1.807, 2.05) is 6.92 Å². The lowest BCUT2D eigenvalue weighted by atomic mass is 9.98. The molecule has 4 unspecified atom stereocenters. The molecule has 0 bridgehead atoms. The number of ether oxygens (including phenoxy) is 2. The maximum Gasteiger partial charge on any atom is 0.337 e. The number of aliphatic hydroxyl groups excluding tert-OH is 2. The van der Waals surface area contributed by atoms with Crippen LogP contribution in [0.5, 0.6) is 0 Å². The third-order valence-corrected chi connectivity index (χ3v) is 2.88. The van der Waals surface area contributed by atoms with Crippen LogP contribution in [0.4, 0.5) is 0 Å². The van der Waals surface area contributed by atoms with Gasteiger partial charge in [0.25, 0.3) is 0 Å². The molecule has 0 aromatic heterocycles. The highest BCUT2D eigenvalue weighted by atomic mass is 32.1. The van der Waals surface area contributed by atoms with Crippen LogP contribution in [0.25, 0.3) is 0 Å². The number of carbonyl (C=O) groups excluding carboxylic acids is 1. The summed E-state index contributed by atoms with van der Waals surface area (Å²) in [7, 11) is 1.19. The van der Waals surface area contributed by atoms with Crippen molar-refractivity contribution in [3.8, 4) is 0 Å². The Morgan fingerprint density at radius 2 is 2.17 bits per heavy atom. The van der Waals surface area contributed by atoms with E-state index in [-0.39, 0.29) is 6.61 Å². The van der Waals surface area contributed by atoms with Gasteiger partial charge in [-0.05, 0) is 19.1 Å². The monoisotopic (exact) mass is 278 g/mol. The standard InChI is InChI=1S/C10H18N2O5S/c1-3-11-10(18)12-5-4-17-8(9(15)16-2)7(14)6(5)13/h5-8,13-14H,3-4H2,1-2H3,(H2,11,12,18). The van der Waals surface area contributed by atoms with E-state index < -0.39 is 30.3 Å². The summed E-state index contributed by atoms with van der Waals surface area (Å²) >= 11 is 4.97. The van der Waals surface area contributed by atoms with Gasteiger partial charge in [-0.15, -0.1) is 0 Å². The van der Waals surface area contributed by atoms with Gasteiger partial charge < -0.3 is 30.3 Å². The van der Waals surface area contributed by atoms with Crippen LogP contribution in [0, 0.1) is 0 Å². The van der Waals surface area contributed by atoms with Crippen LogP contribution in [0.3, 0.4) is 0 Å². The zero-order valence-electron chi connectivity index (χ0n) is 10.3. The van der Waals surface area contributed by atoms with E-state index in [2.05, 4.69) is 15.4 Å². The summed E-state index contributed by atoms with van der Waals surface area (Å²) in [5, 5.41) is 25.7. The van der Waals surface area contributed by atoms with Crippen molar-refractivity contribution >= 4 is 23.3 Å². The van der Waals surface area contributed by atoms with Gasteiger partial charge >= 0.3 is 5.97 Å². The molecule has 0 aromatic rings. The second kappa shape index (κ2) is 6.83. The molecule has 1 aliphatic heterocycles. The van der Waals surface area contributed by atoms with E-state index in [1.54, 1.807) is 0 Å². The van der Waals surface area contributed by atoms with Gasteiger partial charge in [-0.25, -0.2) is 4.79 Å². The van der Waals surface area contributed by atoms with Crippen molar-refractivity contribution < 1.29 is 24.5 Å². The largest absolute Gasteiger partial charge is 0.467 e. The Morgan fingerprint density at radius 1 is 1.50 bits per heavy atom. The first kappa shape index (κ1) is 15.1. The Kier molecular flexibility index (Phi) is 5.73. The van der Waals surface area contributed by atoms with Gasteiger partial charge in [0.15, 0.2) is 11.2 Å². The van der Waals surface area contributed by atoms with E-state index in [1.165, 1.54) is 7.11 Å². The molecule has 0 amide bonds. The van der Waals surface area contributed by atoms with E-state index >= 15 is 0 Å². The summed E-state index contributed by atoms with van der Waals surface area (Å²) in [4.78, 5) is 11.3. The second-order valence-electron chi connectivity index (χ2n) is 3.87. The van der Waals surface area contributed by atoms with Gasteiger partial charge in [0, 0.05) is 6.54 Å². The van der Waals surface area contributed by atoms with Crippen molar-refractivity contribution in [1.29, 1.82) is 0 Å². The fourth-order valence-electron chi connectivity index (χ4n) is 1.65. The highest BCUT2D eigenvalue weighted by Gasteiger charge is 2.42. The molecule has 8 heteroatoms. The predicted octanol–water partition coefficient (Wildman–Crippen LogP) is -1.87. The first-order valence-electron chi connectivity index (χ1n) is 5.61. The molecule has 0 aliphatic carbocycles. The highest BCUT2D eigenvalue weighted by molar-refractivity contribution is 7.80. The number of hydrogen-bond donors (Lipinski definition) is 4. The molecular weight excluding hydrogens is 260 g/mol. The predicted molar refractivity (Wildman–Crippen MR) is 67.0 cm³/mol. The van der Waals surface area contributed by atoms with Crippen molar-refractivity contribution in [2.45, 2.75) is 31.3 Å². The van der Waals surface area contributed by atoms with Crippen molar-refractivity contribution in [1.82, 2.24) is 10.6 Å². The Hall–Kier alpha value is -0.960. The van der Waals surface area contributed by atoms with E-state index in [0.717, 1.165) is 0 Å². The molecule has 1 rings (SSSR count). The molecule has 18 heavy (non-hydrogen) atoms. The Bertz CT molecular complexity index is 315. The first-order chi connectivity index (χ1) is 8.51. The number of aliphatic hydroxyl groups is 2. The lowest BCUT2D eigenvalue weighted by Gasteiger charge is -2.36. The minimum Gasteiger partial charge on any atom is -0.467 e. The summed E-state index contributed by atoms with van der Waals surface area (Å²) in [5.74, 6) is -0.714. The number of methoxy groups -OCH3 is 1. The van der Waals surface area contributed by atoms with Gasteiger partial charge in [-0.1, -0.05) is 0 Å². The average molecular weight is 278 g/mol. The lowest BCUT2D eigenvalue weighted by molar-refractivity contribution is -0.185. The molecule has 4 atom stereocenters. The molecule has 1 saturated heterocycles. The van der Waals surface area contributed by atoms with Gasteiger partial charge in [0.1, 0.15) is 12.2 Å². The fourth-order valence-corrected chi connectivity index (χ4v) is 1.95. The molecule has 0 aromatic carbocycles. The third-order valence-electron chi connectivity index (χ3n) is 2.62. The van der Waals surface area contributed by atoms with Crippen molar-refractivity contribution in [3.05, 3.63) is 0 Å². The van der Waals surface area contributed by atoms with Crippen LogP contribution in [0.1, 0.15) is 6.92 Å². The smallest absolute Gasteiger partial charge is 0.337 e. The summed E-state index contributed by atoms with van der Waals surface area (Å²) in [6.45, 7) is 2.57. The SMILES string of the molecule is CCNC(=S)NC1COC(C(=O)OC)C(O)C1O. The van der Waals surface area contributed by atoms with Crippen molar-refractivity contribution in [2.75, 3.05) is 20.3 Å². The molecule has 1 fully saturated rings. The Balaban J connectivity index is 2.57. The van der Waals surface area contributed by atoms with E-state index in [9.17, 15) is 15.0 Å². The number of thiocarbonyl (C=S) groups is 1. The topological polar surface area (TPSA) is 100 Å². The molecule has 0 radical (unpaired) electrons. The van der Waals surface area contributed by atoms with Crippen LogP contribution in [0.2, 0.25) is 0 Å². The quantitative estimate of drug-likeness (QED) is 0.352. The first-order valence-corrected chi connectivity index (χ1v) is 6.02. The van der Waals surface area contributed by atoms with E-state index in [0.29, 0.717) is 11.7 Å². The number of esters is 1. The molecule has 4 N–H and O–H groups in total. The van der Waals surface area contributed by atoms with Crippen molar-refractivity contribution in [2.24, 2.45) is 0 Å². The fraction of sp³-hybridized carbons (Fsp3) is 0.800. The van der Waals surface area contributed by atoms with Gasteiger partial charge in [0.2, 0.25) is 0 Å². The third kappa shape index (κ3) is 3.52. The van der Waals surface area contributed by atoms with Crippen LogP contribution in [-0.4, -0.2) is 65.9 Å². The minimum absolute atomic E-state index is 0.0452. The molecule has 1 aliphatic rings. The summed E-state index contributed by atoms with van der Waals surface area (Å²) < 4.78 is 9.64. The summed E-state index contributed by atoms with van der Waals surface area (Å²) in [6.07, 6.45) is -3.69. The maximum atomic E-state index is 11.3. The summed E-state index contributed by atoms with van der Waals surface area (Å²) in [6, 6.07) is -0.576. The van der Waals surface area contributed by atoms with Crippen LogP contribution in [-0.2, 0) is 14.3 Å². The van der Waals surface area contributed by atoms with Crippen LogP contribution in [0.15, 0.2) is 0 Å². The molecule has 0 spiro atoms. The highest BCUT2D eigenvalue weighted by Crippen LogP contribution is 2.16. The van der Waals surface area contributed by atoms with E-state index in [4.69, 9.17) is 17.0 Å². The normalized spacial score (nSPS) is 31.6. The van der Waals surface area contributed by atoms with Crippen molar-refractivity contribution in [3.63, 3.8) is 0 Å². The van der Waals surface area contributed by atoms with Crippen LogP contribution < -0.4 is 10.6 Å². The average Bonchev–Trinajstić information content (AvgIpc) is 2.34. The molecule has 0 saturated carbocycles. The Morgan fingerprint density at radius 3 is 2.72 bits per heavy atom. The zero-order valence-corrected chi connectivity index (χ0v) is 11.1. The molecule has 1 heterocycles. The summed E-state index contributed by atoms with van der Waals surface area (Å²) in [5.41, 5.74) is 0. The molecule has 104 valence electrons. The number of carbonyl (C=O) groups is 1. The number of hydrogen-bond acceptors (Lipinski definition) is 6.